The molecule has 1 rings (SSSR count). The van der Waals surface area contributed by atoms with Crippen LogP contribution in [0.2, 0.25) is 0 Å². The summed E-state index contributed by atoms with van der Waals surface area (Å²) >= 11 is 0. The number of aliphatic hydroxyl groups is 1. The summed E-state index contributed by atoms with van der Waals surface area (Å²) in [6, 6.07) is 5.72. The Morgan fingerprint density at radius 3 is 2.67 bits per heavy atom. The number of halogens is 1. The summed E-state index contributed by atoms with van der Waals surface area (Å²) in [6.07, 6.45) is -0.546. The van der Waals surface area contributed by atoms with Crippen LogP contribution in [0.4, 0.5) is 4.39 Å². The molecule has 1 aromatic carbocycles. The number of nitrogens with one attached hydrogen (secondary N) is 1. The van der Waals surface area contributed by atoms with Crippen molar-refractivity contribution in [1.29, 1.82) is 0 Å². The highest BCUT2D eigenvalue weighted by molar-refractivity contribution is 5.22. The smallest absolute Gasteiger partial charge is 0.123 e. The Labute approximate surface area is 88.9 Å². The standard InChI is InChI=1S/C11H16FNO2/c1-2-13-7-10(14)8-15-11-5-3-9(12)4-6-11/h3-6,10,13-14H,2,7-8H2,1H3. The van der Waals surface area contributed by atoms with Gasteiger partial charge in [0.15, 0.2) is 0 Å². The van der Waals surface area contributed by atoms with Gasteiger partial charge in [-0.05, 0) is 30.8 Å². The maximum absolute atomic E-state index is 12.5. The van der Waals surface area contributed by atoms with E-state index in [1.807, 2.05) is 6.92 Å². The molecule has 4 heteroatoms. The van der Waals surface area contributed by atoms with E-state index in [4.69, 9.17) is 4.74 Å². The lowest BCUT2D eigenvalue weighted by atomic mass is 10.3. The van der Waals surface area contributed by atoms with E-state index in [1.165, 1.54) is 24.3 Å². The molecule has 0 fully saturated rings. The first-order valence-corrected chi connectivity index (χ1v) is 4.99. The molecule has 0 aliphatic heterocycles. The predicted octanol–water partition coefficient (Wildman–Crippen LogP) is 1.17. The van der Waals surface area contributed by atoms with Crippen molar-refractivity contribution in [1.82, 2.24) is 5.32 Å². The summed E-state index contributed by atoms with van der Waals surface area (Å²) in [5.74, 6) is 0.266. The van der Waals surface area contributed by atoms with Crippen molar-refractivity contribution in [3.63, 3.8) is 0 Å². The fourth-order valence-corrected chi connectivity index (χ4v) is 1.09. The zero-order valence-corrected chi connectivity index (χ0v) is 8.74. The van der Waals surface area contributed by atoms with Gasteiger partial charge >= 0.3 is 0 Å². The van der Waals surface area contributed by atoms with E-state index in [-0.39, 0.29) is 12.4 Å². The molecule has 0 aliphatic carbocycles. The van der Waals surface area contributed by atoms with Gasteiger partial charge in [0, 0.05) is 6.54 Å². The van der Waals surface area contributed by atoms with Crippen LogP contribution in [-0.4, -0.2) is 30.9 Å². The lowest BCUT2D eigenvalue weighted by Gasteiger charge is -2.12. The molecule has 0 aliphatic rings. The van der Waals surface area contributed by atoms with Crippen molar-refractivity contribution < 1.29 is 14.2 Å². The van der Waals surface area contributed by atoms with Crippen molar-refractivity contribution in [2.24, 2.45) is 0 Å². The van der Waals surface area contributed by atoms with E-state index in [9.17, 15) is 9.50 Å². The van der Waals surface area contributed by atoms with E-state index < -0.39 is 6.10 Å². The molecule has 0 heterocycles. The number of aliphatic hydroxyl groups excluding tert-OH is 1. The molecular weight excluding hydrogens is 197 g/mol. The second-order valence-corrected chi connectivity index (χ2v) is 3.23. The van der Waals surface area contributed by atoms with E-state index in [2.05, 4.69) is 5.32 Å². The molecular formula is C11H16FNO2. The van der Waals surface area contributed by atoms with Gasteiger partial charge in [-0.15, -0.1) is 0 Å². The van der Waals surface area contributed by atoms with E-state index in [0.29, 0.717) is 12.3 Å². The van der Waals surface area contributed by atoms with Gasteiger partial charge in [0.2, 0.25) is 0 Å². The topological polar surface area (TPSA) is 41.5 Å². The van der Waals surface area contributed by atoms with Crippen LogP contribution in [0.15, 0.2) is 24.3 Å². The minimum absolute atomic E-state index is 0.207. The zero-order valence-electron chi connectivity index (χ0n) is 8.74. The summed E-state index contributed by atoms with van der Waals surface area (Å²) in [5, 5.41) is 12.4. The molecule has 0 spiro atoms. The van der Waals surface area contributed by atoms with Crippen molar-refractivity contribution in [3.8, 4) is 5.75 Å². The highest BCUT2D eigenvalue weighted by atomic mass is 19.1. The van der Waals surface area contributed by atoms with E-state index in [1.54, 1.807) is 0 Å². The average Bonchev–Trinajstić information content (AvgIpc) is 2.25. The third-order valence-electron chi connectivity index (χ3n) is 1.89. The van der Waals surface area contributed by atoms with Gasteiger partial charge in [-0.25, -0.2) is 4.39 Å². The first-order valence-electron chi connectivity index (χ1n) is 4.99. The molecule has 84 valence electrons. The lowest BCUT2D eigenvalue weighted by molar-refractivity contribution is 0.107. The van der Waals surface area contributed by atoms with Crippen LogP contribution in [0.25, 0.3) is 0 Å². The zero-order chi connectivity index (χ0) is 11.1. The first-order chi connectivity index (χ1) is 7.22. The molecule has 15 heavy (non-hydrogen) atoms. The summed E-state index contributed by atoms with van der Waals surface area (Å²) in [5.41, 5.74) is 0. The lowest BCUT2D eigenvalue weighted by Crippen LogP contribution is -2.31. The Balaban J connectivity index is 2.27. The summed E-state index contributed by atoms with van der Waals surface area (Å²) in [4.78, 5) is 0. The Morgan fingerprint density at radius 2 is 2.07 bits per heavy atom. The van der Waals surface area contributed by atoms with Gasteiger partial charge in [0.25, 0.3) is 0 Å². The van der Waals surface area contributed by atoms with Crippen molar-refractivity contribution in [2.75, 3.05) is 19.7 Å². The fourth-order valence-electron chi connectivity index (χ4n) is 1.09. The molecule has 0 radical (unpaired) electrons. The average molecular weight is 213 g/mol. The highest BCUT2D eigenvalue weighted by Gasteiger charge is 2.03. The molecule has 0 amide bonds. The molecule has 1 aromatic rings. The van der Waals surface area contributed by atoms with Crippen LogP contribution in [0.3, 0.4) is 0 Å². The van der Waals surface area contributed by atoms with Gasteiger partial charge in [0.05, 0.1) is 0 Å². The maximum atomic E-state index is 12.5. The molecule has 2 N–H and O–H groups in total. The van der Waals surface area contributed by atoms with E-state index in [0.717, 1.165) is 6.54 Å². The Kier molecular flexibility index (Phi) is 5.07. The highest BCUT2D eigenvalue weighted by Crippen LogP contribution is 2.10. The number of benzene rings is 1. The minimum Gasteiger partial charge on any atom is -0.491 e. The summed E-state index contributed by atoms with van der Waals surface area (Å²) in [6.45, 7) is 3.48. The van der Waals surface area contributed by atoms with Crippen LogP contribution in [0.5, 0.6) is 5.75 Å². The van der Waals surface area contributed by atoms with Crippen LogP contribution < -0.4 is 10.1 Å². The largest absolute Gasteiger partial charge is 0.491 e. The molecule has 3 nitrogen and oxygen atoms in total. The molecule has 0 saturated carbocycles. The molecule has 0 bridgehead atoms. The second-order valence-electron chi connectivity index (χ2n) is 3.23. The SMILES string of the molecule is CCNCC(O)COc1ccc(F)cc1. The van der Waals surface area contributed by atoms with Gasteiger partial charge in [-0.3, -0.25) is 0 Å². The number of rotatable bonds is 6. The maximum Gasteiger partial charge on any atom is 0.123 e. The monoisotopic (exact) mass is 213 g/mol. The van der Waals surface area contributed by atoms with Crippen LogP contribution in [-0.2, 0) is 0 Å². The van der Waals surface area contributed by atoms with Crippen LogP contribution >= 0.6 is 0 Å². The molecule has 1 atom stereocenters. The molecule has 0 aromatic heterocycles. The third kappa shape index (κ3) is 4.76. The van der Waals surface area contributed by atoms with Gasteiger partial charge in [0.1, 0.15) is 24.3 Å². The number of ether oxygens (including phenoxy) is 1. The fraction of sp³-hybridized carbons (Fsp3) is 0.455. The Bertz CT molecular complexity index is 276. The van der Waals surface area contributed by atoms with Crippen molar-refractivity contribution >= 4 is 0 Å². The number of likely N-dealkylation sites (N-methyl/N-ethyl adjacent to an activating group) is 1. The first kappa shape index (κ1) is 11.9. The Hall–Kier alpha value is -1.13. The van der Waals surface area contributed by atoms with Gasteiger partial charge in [-0.1, -0.05) is 6.92 Å². The summed E-state index contributed by atoms with van der Waals surface area (Å²) in [7, 11) is 0. The third-order valence-corrected chi connectivity index (χ3v) is 1.89. The number of hydrogen-bond donors (Lipinski definition) is 2. The number of hydrogen-bond acceptors (Lipinski definition) is 3. The van der Waals surface area contributed by atoms with E-state index >= 15 is 0 Å². The van der Waals surface area contributed by atoms with Crippen molar-refractivity contribution in [3.05, 3.63) is 30.1 Å². The quantitative estimate of drug-likeness (QED) is 0.745. The predicted molar refractivity (Wildman–Crippen MR) is 56.4 cm³/mol. The second kappa shape index (κ2) is 6.37. The van der Waals surface area contributed by atoms with Crippen molar-refractivity contribution in [2.45, 2.75) is 13.0 Å². The van der Waals surface area contributed by atoms with Gasteiger partial charge in [-0.2, -0.15) is 0 Å². The van der Waals surface area contributed by atoms with Crippen LogP contribution in [0, 0.1) is 5.82 Å². The Morgan fingerprint density at radius 1 is 1.40 bits per heavy atom. The minimum atomic E-state index is -0.546. The van der Waals surface area contributed by atoms with Crippen LogP contribution in [0.1, 0.15) is 6.92 Å². The van der Waals surface area contributed by atoms with Gasteiger partial charge < -0.3 is 15.2 Å². The molecule has 0 saturated heterocycles. The normalized spacial score (nSPS) is 12.5. The summed E-state index contributed by atoms with van der Waals surface area (Å²) < 4.78 is 17.8. The molecule has 1 unspecified atom stereocenters.